The van der Waals surface area contributed by atoms with Gasteiger partial charge in [-0.3, -0.25) is 9.67 Å². The number of amidine groups is 1. The van der Waals surface area contributed by atoms with E-state index in [9.17, 15) is 17.6 Å². The molecule has 0 saturated heterocycles. The molecule has 39 heavy (non-hydrogen) atoms. The molecule has 0 fully saturated rings. The summed E-state index contributed by atoms with van der Waals surface area (Å²) < 4.78 is 69.1. The summed E-state index contributed by atoms with van der Waals surface area (Å²) in [6.07, 6.45) is -5.54. The summed E-state index contributed by atoms with van der Waals surface area (Å²) in [6.45, 7) is 1.28. The molecule has 2 aliphatic heterocycles. The summed E-state index contributed by atoms with van der Waals surface area (Å²) in [5.74, 6) is -0.482. The fourth-order valence-electron chi connectivity index (χ4n) is 4.87. The number of nitrogens with zero attached hydrogens (tertiary/aromatic N) is 6. The number of nitrogens with two attached hydrogens (primary N) is 2. The van der Waals surface area contributed by atoms with E-state index >= 15 is 0 Å². The van der Waals surface area contributed by atoms with E-state index in [-0.39, 0.29) is 24.9 Å². The van der Waals surface area contributed by atoms with Crippen molar-refractivity contribution >= 4 is 28.9 Å². The Balaban J connectivity index is 1.54. The van der Waals surface area contributed by atoms with Gasteiger partial charge in [0.1, 0.15) is 17.3 Å². The molecule has 0 bridgehead atoms. The maximum atomic E-state index is 15.0. The zero-order valence-electron chi connectivity index (χ0n) is 21.0. The lowest BCUT2D eigenvalue weighted by molar-refractivity contribution is -0.140. The molecule has 0 saturated carbocycles. The number of rotatable bonds is 4. The number of halogens is 5. The molecule has 208 valence electrons. The van der Waals surface area contributed by atoms with Crippen LogP contribution in [0.4, 0.5) is 29.1 Å². The van der Waals surface area contributed by atoms with Crippen molar-refractivity contribution in [1.29, 1.82) is 0 Å². The second-order valence-corrected chi connectivity index (χ2v) is 9.49. The number of anilines is 2. The summed E-state index contributed by atoms with van der Waals surface area (Å²) in [6, 6.07) is 1.66. The van der Waals surface area contributed by atoms with Crippen molar-refractivity contribution < 1.29 is 27.0 Å². The van der Waals surface area contributed by atoms with Crippen LogP contribution in [0.1, 0.15) is 46.3 Å². The average Bonchev–Trinajstić information content (AvgIpc) is 3.07. The molecule has 0 aliphatic carbocycles. The Bertz CT molecular complexity index is 1460. The predicted octanol–water partition coefficient (Wildman–Crippen LogP) is 3.63. The quantitative estimate of drug-likeness (QED) is 0.211. The lowest BCUT2D eigenvalue weighted by Gasteiger charge is -2.31. The molecule has 2 aliphatic rings. The molecule has 0 spiro atoms. The summed E-state index contributed by atoms with van der Waals surface area (Å²) in [5.41, 5.74) is 11.4. The van der Waals surface area contributed by atoms with Gasteiger partial charge in [0, 0.05) is 37.7 Å². The van der Waals surface area contributed by atoms with Crippen molar-refractivity contribution in [3.05, 3.63) is 56.7 Å². The maximum absolute atomic E-state index is 15.0. The van der Waals surface area contributed by atoms with E-state index < -0.39 is 34.9 Å². The van der Waals surface area contributed by atoms with Crippen LogP contribution in [0.2, 0.25) is 5.02 Å². The molecule has 1 unspecified atom stereocenters. The van der Waals surface area contributed by atoms with Crippen LogP contribution in [0.25, 0.3) is 0 Å². The van der Waals surface area contributed by atoms with E-state index in [1.54, 1.807) is 11.7 Å². The van der Waals surface area contributed by atoms with Gasteiger partial charge in [-0.05, 0) is 18.6 Å². The van der Waals surface area contributed by atoms with Gasteiger partial charge in [-0.15, -0.1) is 0 Å². The van der Waals surface area contributed by atoms with Crippen LogP contribution in [0, 0.1) is 5.82 Å². The van der Waals surface area contributed by atoms with Gasteiger partial charge in [-0.25, -0.2) is 4.39 Å². The minimum Gasteiger partial charge on any atom is -0.467 e. The zero-order valence-corrected chi connectivity index (χ0v) is 21.8. The van der Waals surface area contributed by atoms with Crippen LogP contribution in [-0.4, -0.2) is 46.3 Å². The van der Waals surface area contributed by atoms with E-state index in [4.69, 9.17) is 32.5 Å². The molecule has 10 nitrogen and oxygen atoms in total. The van der Waals surface area contributed by atoms with Crippen LogP contribution >= 0.6 is 11.6 Å². The molecular formula is C24H25ClF4N8O2. The lowest BCUT2D eigenvalue weighted by atomic mass is 9.94. The number of aromatic nitrogens is 4. The second kappa shape index (κ2) is 10.2. The van der Waals surface area contributed by atoms with Crippen molar-refractivity contribution in [3.8, 4) is 6.01 Å². The third-order valence-corrected chi connectivity index (χ3v) is 7.19. The average molecular weight is 569 g/mol. The lowest BCUT2D eigenvalue weighted by Crippen LogP contribution is -2.29. The van der Waals surface area contributed by atoms with Crippen LogP contribution in [-0.2, 0) is 37.0 Å². The van der Waals surface area contributed by atoms with E-state index in [2.05, 4.69) is 20.1 Å². The number of ether oxygens (including phenoxy) is 2. The first-order chi connectivity index (χ1) is 18.5. The standard InChI is InChI=1S/C24H25ClF4N8O2/c1-32-21(31)20-18(25)15-9-36(6-3-7-37(15)35-20)22-11-10-39-16(8-14(11)33-23(34-22)38-2)17-12(24(27,28)29)4-5-13(30)19(17)26/h4-5,16H,3,6-10,30H2,1-2H3,(H2,31,32). The van der Waals surface area contributed by atoms with E-state index in [1.807, 2.05) is 4.90 Å². The van der Waals surface area contributed by atoms with Crippen LogP contribution in [0.3, 0.4) is 0 Å². The molecule has 3 aromatic rings. The van der Waals surface area contributed by atoms with Crippen molar-refractivity contribution in [2.75, 3.05) is 31.3 Å². The molecule has 2 aromatic heterocycles. The molecule has 15 heteroatoms. The summed E-state index contributed by atoms with van der Waals surface area (Å²) in [7, 11) is 2.93. The molecule has 0 radical (unpaired) electrons. The highest BCUT2D eigenvalue weighted by molar-refractivity contribution is 6.34. The number of nitrogen functional groups attached to an aromatic ring is 1. The largest absolute Gasteiger partial charge is 0.467 e. The highest BCUT2D eigenvalue weighted by atomic mass is 35.5. The van der Waals surface area contributed by atoms with Crippen molar-refractivity contribution in [1.82, 2.24) is 19.7 Å². The Morgan fingerprint density at radius 1 is 1.26 bits per heavy atom. The fourth-order valence-corrected chi connectivity index (χ4v) is 5.16. The number of methoxy groups -OCH3 is 1. The van der Waals surface area contributed by atoms with Crippen LogP contribution in [0.15, 0.2) is 17.1 Å². The number of hydrogen-bond acceptors (Lipinski definition) is 8. The molecule has 4 N–H and O–H groups in total. The van der Waals surface area contributed by atoms with E-state index in [0.29, 0.717) is 59.5 Å². The smallest absolute Gasteiger partial charge is 0.416 e. The minimum atomic E-state index is -4.80. The fraction of sp³-hybridized carbons (Fsp3) is 0.417. The van der Waals surface area contributed by atoms with Crippen LogP contribution in [0.5, 0.6) is 6.01 Å². The first-order valence-electron chi connectivity index (χ1n) is 12.0. The Morgan fingerprint density at radius 2 is 2.03 bits per heavy atom. The maximum Gasteiger partial charge on any atom is 0.416 e. The predicted molar refractivity (Wildman–Crippen MR) is 135 cm³/mol. The molecule has 1 atom stereocenters. The second-order valence-electron chi connectivity index (χ2n) is 9.11. The summed E-state index contributed by atoms with van der Waals surface area (Å²) >= 11 is 6.62. The van der Waals surface area contributed by atoms with Gasteiger partial charge >= 0.3 is 12.2 Å². The van der Waals surface area contributed by atoms with Crippen molar-refractivity contribution in [2.24, 2.45) is 10.7 Å². The molecule has 1 aromatic carbocycles. The van der Waals surface area contributed by atoms with Gasteiger partial charge in [0.25, 0.3) is 0 Å². The number of alkyl halides is 3. The zero-order chi connectivity index (χ0) is 28.1. The molecule has 5 rings (SSSR count). The number of hydrogen-bond donors (Lipinski definition) is 2. The highest BCUT2D eigenvalue weighted by Crippen LogP contribution is 2.43. The van der Waals surface area contributed by atoms with Crippen molar-refractivity contribution in [3.63, 3.8) is 0 Å². The molecule has 4 heterocycles. The Hall–Kier alpha value is -3.65. The topological polar surface area (TPSA) is 130 Å². The van der Waals surface area contributed by atoms with Crippen molar-refractivity contribution in [2.45, 2.75) is 44.8 Å². The van der Waals surface area contributed by atoms with E-state index in [1.165, 1.54) is 7.11 Å². The minimum absolute atomic E-state index is 0.0143. The normalized spacial score (nSPS) is 18.0. The molecular weight excluding hydrogens is 544 g/mol. The summed E-state index contributed by atoms with van der Waals surface area (Å²) in [5, 5.41) is 4.87. The van der Waals surface area contributed by atoms with E-state index in [0.717, 1.165) is 12.1 Å². The summed E-state index contributed by atoms with van der Waals surface area (Å²) in [4.78, 5) is 14.8. The molecule has 0 amide bonds. The Labute approximate surface area is 225 Å². The Kier molecular flexibility index (Phi) is 7.01. The number of aliphatic imine (C=N–C) groups is 1. The SMILES string of the molecule is CN=C(N)c1nn2c(c1Cl)CN(c1nc(OC)nc3c1COC(c1c(C(F)(F)F)ccc(N)c1F)C3)CCC2. The first-order valence-corrected chi connectivity index (χ1v) is 12.3. The number of benzene rings is 1. The number of aryl methyl sites for hydroxylation is 1. The monoisotopic (exact) mass is 568 g/mol. The third kappa shape index (κ3) is 4.82. The number of fused-ring (bicyclic) bond motifs is 2. The van der Waals surface area contributed by atoms with Crippen LogP contribution < -0.4 is 21.1 Å². The highest BCUT2D eigenvalue weighted by Gasteiger charge is 2.40. The van der Waals surface area contributed by atoms with Gasteiger partial charge < -0.3 is 25.8 Å². The first kappa shape index (κ1) is 26.9. The van der Waals surface area contributed by atoms with Gasteiger partial charge in [0.2, 0.25) is 0 Å². The van der Waals surface area contributed by atoms with Gasteiger partial charge in [-0.2, -0.15) is 28.2 Å². The van der Waals surface area contributed by atoms with Gasteiger partial charge in [0.15, 0.2) is 5.82 Å². The van der Waals surface area contributed by atoms with Gasteiger partial charge in [0.05, 0.1) is 54.0 Å². The Morgan fingerprint density at radius 3 is 2.72 bits per heavy atom. The third-order valence-electron chi connectivity index (χ3n) is 6.79. The van der Waals surface area contributed by atoms with Gasteiger partial charge in [-0.1, -0.05) is 11.6 Å².